The van der Waals surface area contributed by atoms with Crippen LogP contribution in [0.4, 0.5) is 5.82 Å². The molecule has 5 heteroatoms. The van der Waals surface area contributed by atoms with Gasteiger partial charge in [-0.2, -0.15) is 0 Å². The molecule has 0 spiro atoms. The summed E-state index contributed by atoms with van der Waals surface area (Å²) in [4.78, 5) is 7.46. The largest absolute Gasteiger partial charge is 0.497 e. The van der Waals surface area contributed by atoms with Gasteiger partial charge in [0.1, 0.15) is 11.6 Å². The van der Waals surface area contributed by atoms with E-state index in [1.165, 1.54) is 16.5 Å². The number of nitrogens with two attached hydrogens (primary N) is 1. The van der Waals surface area contributed by atoms with Crippen molar-refractivity contribution in [3.63, 3.8) is 0 Å². The van der Waals surface area contributed by atoms with Crippen molar-refractivity contribution in [2.45, 2.75) is 12.5 Å². The Morgan fingerprint density at radius 3 is 2.71 bits per heavy atom. The Morgan fingerprint density at radius 1 is 1.04 bits per heavy atom. The molecule has 0 unspecified atom stereocenters. The summed E-state index contributed by atoms with van der Waals surface area (Å²) >= 11 is 0. The molecule has 1 atom stereocenters. The minimum absolute atomic E-state index is 0.0216. The van der Waals surface area contributed by atoms with E-state index in [4.69, 9.17) is 10.5 Å². The highest BCUT2D eigenvalue weighted by Gasteiger charge is 2.07. The predicted octanol–water partition coefficient (Wildman–Crippen LogP) is 4.22. The maximum absolute atomic E-state index is 6.29. The first-order chi connectivity index (χ1) is 13.7. The fourth-order valence-corrected chi connectivity index (χ4v) is 3.30. The summed E-state index contributed by atoms with van der Waals surface area (Å²) < 4.78 is 5.19. The molecule has 0 amide bonds. The average Bonchev–Trinajstić information content (AvgIpc) is 3.21. The van der Waals surface area contributed by atoms with Gasteiger partial charge in [0.2, 0.25) is 0 Å². The molecule has 28 heavy (non-hydrogen) atoms. The Hall–Kier alpha value is -3.31. The molecule has 0 aliphatic carbocycles. The minimum atomic E-state index is 0.0216. The monoisotopic (exact) mass is 372 g/mol. The molecule has 0 aliphatic rings. The van der Waals surface area contributed by atoms with Gasteiger partial charge in [-0.15, -0.1) is 0 Å². The van der Waals surface area contributed by atoms with Crippen LogP contribution in [0.25, 0.3) is 21.9 Å². The maximum Gasteiger partial charge on any atom is 0.118 e. The Balaban J connectivity index is 1.37. The number of aromatic nitrogens is 2. The van der Waals surface area contributed by atoms with Gasteiger partial charge in [0.15, 0.2) is 0 Å². The summed E-state index contributed by atoms with van der Waals surface area (Å²) in [5, 5.41) is 5.73. The van der Waals surface area contributed by atoms with Crippen LogP contribution in [-0.4, -0.2) is 29.7 Å². The van der Waals surface area contributed by atoms with Crippen molar-refractivity contribution in [2.75, 3.05) is 19.0 Å². The van der Waals surface area contributed by atoms with Gasteiger partial charge in [0.05, 0.1) is 7.11 Å². The van der Waals surface area contributed by atoms with E-state index >= 15 is 0 Å². The van der Waals surface area contributed by atoms with E-state index in [1.54, 1.807) is 7.11 Å². The van der Waals surface area contributed by atoms with Crippen molar-refractivity contribution in [2.24, 2.45) is 5.73 Å². The second kappa shape index (κ2) is 8.15. The van der Waals surface area contributed by atoms with Crippen LogP contribution in [0.5, 0.6) is 5.75 Å². The molecule has 0 aliphatic heterocycles. The molecular weight excluding hydrogens is 348 g/mol. The van der Waals surface area contributed by atoms with Crippen LogP contribution in [0.2, 0.25) is 0 Å². The molecule has 0 radical (unpaired) electrons. The first kappa shape index (κ1) is 18.1. The molecule has 0 saturated heterocycles. The molecule has 0 fully saturated rings. The van der Waals surface area contributed by atoms with E-state index in [1.807, 2.05) is 36.8 Å². The van der Waals surface area contributed by atoms with Gasteiger partial charge in [0.25, 0.3) is 0 Å². The van der Waals surface area contributed by atoms with E-state index in [0.29, 0.717) is 6.54 Å². The van der Waals surface area contributed by atoms with E-state index in [0.717, 1.165) is 28.9 Å². The van der Waals surface area contributed by atoms with Crippen molar-refractivity contribution < 1.29 is 4.74 Å². The van der Waals surface area contributed by atoms with Crippen LogP contribution < -0.4 is 15.8 Å². The number of nitrogens with zero attached hydrogens (tertiary/aromatic N) is 1. The van der Waals surface area contributed by atoms with Crippen LogP contribution in [0, 0.1) is 0 Å². The standard InChI is InChI=1S/C23H24N4O/c1-28-22-6-2-16(3-7-22)10-21(24)15-27-23-12-20(14-26-23)17-4-5-19-13-25-9-8-18(19)11-17/h2-9,11-14,21,26-27H,10,15,24H2,1H3/t21-/m0/s1. The highest BCUT2D eigenvalue weighted by Crippen LogP contribution is 2.26. The van der Waals surface area contributed by atoms with Crippen LogP contribution in [-0.2, 0) is 6.42 Å². The number of hydrogen-bond donors (Lipinski definition) is 3. The number of nitrogens with one attached hydrogen (secondary N) is 2. The quantitative estimate of drug-likeness (QED) is 0.454. The number of ether oxygens (including phenoxy) is 1. The molecule has 0 bridgehead atoms. The number of rotatable bonds is 7. The lowest BCUT2D eigenvalue weighted by molar-refractivity contribution is 0.414. The van der Waals surface area contributed by atoms with Gasteiger partial charge in [0, 0.05) is 42.1 Å². The summed E-state index contributed by atoms with van der Waals surface area (Å²) in [6.07, 6.45) is 6.52. The molecule has 4 N–H and O–H groups in total. The third kappa shape index (κ3) is 4.15. The SMILES string of the molecule is COc1ccc(C[C@H](N)CNc2cc(-c3ccc4cnccc4c3)c[nH]2)cc1. The van der Waals surface area contributed by atoms with E-state index in [2.05, 4.69) is 51.7 Å². The van der Waals surface area contributed by atoms with E-state index in [9.17, 15) is 0 Å². The zero-order chi connectivity index (χ0) is 19.3. The van der Waals surface area contributed by atoms with E-state index < -0.39 is 0 Å². The third-order valence-electron chi connectivity index (χ3n) is 4.87. The van der Waals surface area contributed by atoms with Crippen molar-refractivity contribution in [3.05, 3.63) is 78.8 Å². The number of anilines is 1. The molecule has 4 aromatic rings. The number of pyridine rings is 1. The van der Waals surface area contributed by atoms with Crippen LogP contribution in [0.1, 0.15) is 5.56 Å². The summed E-state index contributed by atoms with van der Waals surface area (Å²) in [5.74, 6) is 1.83. The lowest BCUT2D eigenvalue weighted by Gasteiger charge is -2.13. The lowest BCUT2D eigenvalue weighted by atomic mass is 10.0. The van der Waals surface area contributed by atoms with Gasteiger partial charge in [-0.3, -0.25) is 4.98 Å². The molecule has 2 aromatic carbocycles. The Kier molecular flexibility index (Phi) is 5.26. The Labute approximate surface area is 164 Å². The highest BCUT2D eigenvalue weighted by atomic mass is 16.5. The molecular formula is C23H24N4O. The van der Waals surface area contributed by atoms with Crippen LogP contribution in [0.15, 0.2) is 73.2 Å². The second-order valence-corrected chi connectivity index (χ2v) is 6.93. The van der Waals surface area contributed by atoms with E-state index in [-0.39, 0.29) is 6.04 Å². The predicted molar refractivity (Wildman–Crippen MR) is 115 cm³/mol. The van der Waals surface area contributed by atoms with Crippen LogP contribution >= 0.6 is 0 Å². The van der Waals surface area contributed by atoms with Gasteiger partial charge in [-0.05, 0) is 53.3 Å². The third-order valence-corrected chi connectivity index (χ3v) is 4.87. The van der Waals surface area contributed by atoms with Crippen molar-refractivity contribution >= 4 is 16.6 Å². The normalized spacial score (nSPS) is 12.1. The fourth-order valence-electron chi connectivity index (χ4n) is 3.30. The molecule has 4 rings (SSSR count). The first-order valence-corrected chi connectivity index (χ1v) is 9.36. The summed E-state index contributed by atoms with van der Waals surface area (Å²) in [7, 11) is 1.67. The summed E-state index contributed by atoms with van der Waals surface area (Å²) in [6.45, 7) is 0.690. The first-order valence-electron chi connectivity index (χ1n) is 9.36. The number of benzene rings is 2. The van der Waals surface area contributed by atoms with Crippen molar-refractivity contribution in [1.82, 2.24) is 9.97 Å². The van der Waals surface area contributed by atoms with Crippen molar-refractivity contribution in [1.29, 1.82) is 0 Å². The van der Waals surface area contributed by atoms with Gasteiger partial charge >= 0.3 is 0 Å². The Morgan fingerprint density at radius 2 is 1.89 bits per heavy atom. The smallest absolute Gasteiger partial charge is 0.118 e. The summed E-state index contributed by atoms with van der Waals surface area (Å²) in [6, 6.07) is 18.6. The Bertz CT molecular complexity index is 1060. The molecule has 2 aromatic heterocycles. The van der Waals surface area contributed by atoms with Gasteiger partial charge in [-0.25, -0.2) is 0 Å². The molecule has 142 valence electrons. The minimum Gasteiger partial charge on any atom is -0.497 e. The average molecular weight is 372 g/mol. The van der Waals surface area contributed by atoms with Crippen LogP contribution in [0.3, 0.4) is 0 Å². The number of hydrogen-bond acceptors (Lipinski definition) is 4. The molecule has 0 saturated carbocycles. The topological polar surface area (TPSA) is 76.0 Å². The fraction of sp³-hybridized carbons (Fsp3) is 0.174. The zero-order valence-electron chi connectivity index (χ0n) is 15.9. The van der Waals surface area contributed by atoms with Crippen molar-refractivity contribution in [3.8, 4) is 16.9 Å². The number of aromatic amines is 1. The lowest BCUT2D eigenvalue weighted by Crippen LogP contribution is -2.31. The second-order valence-electron chi connectivity index (χ2n) is 6.93. The number of fused-ring (bicyclic) bond motifs is 1. The number of H-pyrrole nitrogens is 1. The summed E-state index contributed by atoms with van der Waals surface area (Å²) in [5.41, 5.74) is 9.81. The maximum atomic E-state index is 6.29. The van der Waals surface area contributed by atoms with Gasteiger partial charge < -0.3 is 20.8 Å². The molecule has 5 nitrogen and oxygen atoms in total. The highest BCUT2D eigenvalue weighted by molar-refractivity contribution is 5.86. The molecule has 2 heterocycles. The zero-order valence-corrected chi connectivity index (χ0v) is 15.9. The number of methoxy groups -OCH3 is 1. The van der Waals surface area contributed by atoms with Gasteiger partial charge in [-0.1, -0.05) is 24.3 Å².